The monoisotopic (exact) mass is 329 g/mol. The number of rotatable bonds is 4. The first kappa shape index (κ1) is 16.1. The predicted octanol–water partition coefficient (Wildman–Crippen LogP) is 3.49. The summed E-state index contributed by atoms with van der Waals surface area (Å²) in [4.78, 5) is 24.5. The molecule has 0 aromatic carbocycles. The van der Waals surface area contributed by atoms with Crippen molar-refractivity contribution in [3.8, 4) is 0 Å². The van der Waals surface area contributed by atoms with Crippen molar-refractivity contribution in [1.82, 2.24) is 14.9 Å². The fourth-order valence-corrected chi connectivity index (χ4v) is 4.08. The van der Waals surface area contributed by atoms with Crippen LogP contribution in [0.3, 0.4) is 0 Å². The van der Waals surface area contributed by atoms with Gasteiger partial charge in [0.05, 0.1) is 10.7 Å². The highest BCUT2D eigenvalue weighted by Crippen LogP contribution is 2.31. The number of aromatic nitrogens is 2. The van der Waals surface area contributed by atoms with Gasteiger partial charge in [0.15, 0.2) is 0 Å². The quantitative estimate of drug-likeness (QED) is 0.862. The van der Waals surface area contributed by atoms with E-state index in [4.69, 9.17) is 4.98 Å². The van der Waals surface area contributed by atoms with Gasteiger partial charge < -0.3 is 4.90 Å². The van der Waals surface area contributed by atoms with E-state index >= 15 is 0 Å². The Balaban J connectivity index is 1.58. The fraction of sp³-hybridized carbons (Fsp3) is 0.500. The summed E-state index contributed by atoms with van der Waals surface area (Å²) >= 11 is 1.79. The van der Waals surface area contributed by atoms with Crippen LogP contribution >= 0.6 is 11.3 Å². The zero-order valence-corrected chi connectivity index (χ0v) is 14.6. The van der Waals surface area contributed by atoms with Crippen molar-refractivity contribution in [2.24, 2.45) is 0 Å². The Kier molecular flexibility index (Phi) is 5.06. The van der Waals surface area contributed by atoms with Gasteiger partial charge in [0.1, 0.15) is 0 Å². The number of carbonyl (C=O) groups excluding carboxylic acids is 1. The van der Waals surface area contributed by atoms with Crippen molar-refractivity contribution in [3.05, 3.63) is 45.7 Å². The summed E-state index contributed by atoms with van der Waals surface area (Å²) in [5, 5.41) is 1.20. The molecule has 1 aliphatic heterocycles. The van der Waals surface area contributed by atoms with E-state index in [9.17, 15) is 4.79 Å². The lowest BCUT2D eigenvalue weighted by Crippen LogP contribution is -2.39. The van der Waals surface area contributed by atoms with Crippen molar-refractivity contribution in [3.63, 3.8) is 0 Å². The number of carbonyl (C=O) groups is 1. The van der Waals surface area contributed by atoms with E-state index in [0.717, 1.165) is 38.0 Å². The summed E-state index contributed by atoms with van der Waals surface area (Å²) in [5.74, 6) is 0.669. The standard InChI is InChI=1S/C18H23N3OS/c1-13-14(2)23-18(20-13)16-4-3-11-21(12-16)17(22)6-5-15-7-9-19-10-8-15/h7-10,16H,3-6,11-12H2,1-2H3/t16-/m1/s1. The Morgan fingerprint density at radius 2 is 2.13 bits per heavy atom. The second kappa shape index (κ2) is 7.21. The first-order valence-electron chi connectivity index (χ1n) is 8.24. The number of hydrogen-bond acceptors (Lipinski definition) is 4. The zero-order chi connectivity index (χ0) is 16.2. The number of thiazole rings is 1. The molecule has 0 saturated carbocycles. The van der Waals surface area contributed by atoms with E-state index in [1.807, 2.05) is 17.0 Å². The molecule has 4 nitrogen and oxygen atoms in total. The van der Waals surface area contributed by atoms with Gasteiger partial charge in [0, 0.05) is 42.7 Å². The third-order valence-electron chi connectivity index (χ3n) is 4.55. The first-order chi connectivity index (χ1) is 11.1. The van der Waals surface area contributed by atoms with Crippen LogP contribution in [0.25, 0.3) is 0 Å². The summed E-state index contributed by atoms with van der Waals surface area (Å²) in [7, 11) is 0. The average molecular weight is 329 g/mol. The Bertz CT molecular complexity index is 649. The summed E-state index contributed by atoms with van der Waals surface area (Å²) in [6.45, 7) is 5.89. The van der Waals surface area contributed by atoms with Crippen LogP contribution in [0.2, 0.25) is 0 Å². The van der Waals surface area contributed by atoms with E-state index in [1.165, 1.54) is 15.4 Å². The lowest BCUT2D eigenvalue weighted by atomic mass is 9.98. The van der Waals surface area contributed by atoms with Crippen molar-refractivity contribution >= 4 is 17.2 Å². The second-order valence-corrected chi connectivity index (χ2v) is 7.46. The topological polar surface area (TPSA) is 46.1 Å². The highest BCUT2D eigenvalue weighted by molar-refractivity contribution is 7.11. The molecule has 2 aromatic rings. The third kappa shape index (κ3) is 3.96. The SMILES string of the molecule is Cc1nc([C@@H]2CCCN(C(=O)CCc3ccncc3)C2)sc1C. The molecule has 0 N–H and O–H groups in total. The molecular weight excluding hydrogens is 306 g/mol. The average Bonchev–Trinajstić information content (AvgIpc) is 2.93. The van der Waals surface area contributed by atoms with Crippen LogP contribution in [0.5, 0.6) is 0 Å². The van der Waals surface area contributed by atoms with Gasteiger partial charge in [-0.3, -0.25) is 9.78 Å². The maximum Gasteiger partial charge on any atom is 0.222 e. The molecule has 0 aliphatic carbocycles. The van der Waals surface area contributed by atoms with Gasteiger partial charge in [0.25, 0.3) is 0 Å². The summed E-state index contributed by atoms with van der Waals surface area (Å²) in [6.07, 6.45) is 7.14. The molecule has 122 valence electrons. The van der Waals surface area contributed by atoms with Crippen LogP contribution in [0.1, 0.15) is 46.3 Å². The Labute approximate surface area is 141 Å². The van der Waals surface area contributed by atoms with Gasteiger partial charge in [-0.25, -0.2) is 4.98 Å². The van der Waals surface area contributed by atoms with E-state index in [1.54, 1.807) is 23.7 Å². The van der Waals surface area contributed by atoms with E-state index in [0.29, 0.717) is 12.3 Å². The van der Waals surface area contributed by atoms with Crippen molar-refractivity contribution in [1.29, 1.82) is 0 Å². The molecule has 1 amide bonds. The molecule has 2 aromatic heterocycles. The first-order valence-corrected chi connectivity index (χ1v) is 9.05. The lowest BCUT2D eigenvalue weighted by Gasteiger charge is -2.32. The molecule has 1 fully saturated rings. The van der Waals surface area contributed by atoms with Crippen LogP contribution in [0.15, 0.2) is 24.5 Å². The normalized spacial score (nSPS) is 18.2. The fourth-order valence-electron chi connectivity index (χ4n) is 3.04. The van der Waals surface area contributed by atoms with Gasteiger partial charge >= 0.3 is 0 Å². The van der Waals surface area contributed by atoms with Crippen LogP contribution < -0.4 is 0 Å². The van der Waals surface area contributed by atoms with E-state index in [-0.39, 0.29) is 5.91 Å². The minimum absolute atomic E-state index is 0.261. The van der Waals surface area contributed by atoms with Gasteiger partial charge in [-0.2, -0.15) is 0 Å². The molecule has 23 heavy (non-hydrogen) atoms. The summed E-state index contributed by atoms with van der Waals surface area (Å²) in [5.41, 5.74) is 2.30. The second-order valence-electron chi connectivity index (χ2n) is 6.23. The molecule has 0 radical (unpaired) electrons. The van der Waals surface area contributed by atoms with Crippen LogP contribution in [-0.2, 0) is 11.2 Å². The molecule has 3 heterocycles. The predicted molar refractivity (Wildman–Crippen MR) is 92.7 cm³/mol. The Morgan fingerprint density at radius 3 is 2.83 bits per heavy atom. The molecule has 1 atom stereocenters. The van der Waals surface area contributed by atoms with Crippen molar-refractivity contribution in [2.45, 2.75) is 45.4 Å². The van der Waals surface area contributed by atoms with Crippen LogP contribution in [0, 0.1) is 13.8 Å². The zero-order valence-electron chi connectivity index (χ0n) is 13.8. The van der Waals surface area contributed by atoms with Crippen LogP contribution in [0.4, 0.5) is 0 Å². The Hall–Kier alpha value is -1.75. The van der Waals surface area contributed by atoms with Crippen LogP contribution in [-0.4, -0.2) is 33.9 Å². The largest absolute Gasteiger partial charge is 0.342 e. The number of amides is 1. The molecule has 3 rings (SSSR count). The van der Waals surface area contributed by atoms with Gasteiger partial charge in [0.2, 0.25) is 5.91 Å². The molecule has 1 saturated heterocycles. The molecule has 0 bridgehead atoms. The maximum atomic E-state index is 12.5. The third-order valence-corrected chi connectivity index (χ3v) is 5.78. The minimum atomic E-state index is 0.261. The lowest BCUT2D eigenvalue weighted by molar-refractivity contribution is -0.132. The van der Waals surface area contributed by atoms with Crippen molar-refractivity contribution in [2.75, 3.05) is 13.1 Å². The van der Waals surface area contributed by atoms with E-state index < -0.39 is 0 Å². The minimum Gasteiger partial charge on any atom is -0.342 e. The molecule has 1 aliphatic rings. The molecular formula is C18H23N3OS. The van der Waals surface area contributed by atoms with Gasteiger partial charge in [-0.15, -0.1) is 11.3 Å². The number of nitrogens with zero attached hydrogens (tertiary/aromatic N) is 3. The molecule has 0 spiro atoms. The number of pyridine rings is 1. The Morgan fingerprint density at radius 1 is 1.35 bits per heavy atom. The van der Waals surface area contributed by atoms with Gasteiger partial charge in [-0.05, 0) is 50.8 Å². The number of hydrogen-bond donors (Lipinski definition) is 0. The number of aryl methyl sites for hydroxylation is 3. The number of piperidine rings is 1. The van der Waals surface area contributed by atoms with Crippen molar-refractivity contribution < 1.29 is 4.79 Å². The molecule has 5 heteroatoms. The number of likely N-dealkylation sites (tertiary alicyclic amines) is 1. The van der Waals surface area contributed by atoms with Gasteiger partial charge in [-0.1, -0.05) is 0 Å². The summed E-state index contributed by atoms with van der Waals surface area (Å²) in [6, 6.07) is 3.96. The maximum absolute atomic E-state index is 12.5. The summed E-state index contributed by atoms with van der Waals surface area (Å²) < 4.78 is 0. The smallest absolute Gasteiger partial charge is 0.222 e. The highest BCUT2D eigenvalue weighted by Gasteiger charge is 2.26. The highest BCUT2D eigenvalue weighted by atomic mass is 32.1. The van der Waals surface area contributed by atoms with E-state index in [2.05, 4.69) is 18.8 Å². The molecule has 0 unspecified atom stereocenters.